The summed E-state index contributed by atoms with van der Waals surface area (Å²) in [5.41, 5.74) is 6.41. The number of halogens is 3. The van der Waals surface area contributed by atoms with Crippen LogP contribution in [0.2, 0.25) is 0 Å². The van der Waals surface area contributed by atoms with Gasteiger partial charge in [-0.2, -0.15) is 13.2 Å². The molecule has 1 nitrogen and oxygen atoms in total. The number of rotatable bonds is 0. The molecule has 0 fully saturated rings. The lowest BCUT2D eigenvalue weighted by atomic mass is 10.4. The van der Waals surface area contributed by atoms with Gasteiger partial charge in [0.05, 0.1) is 0 Å². The molecule has 1 aliphatic carbocycles. The van der Waals surface area contributed by atoms with Crippen molar-refractivity contribution in [3.8, 4) is 0 Å². The minimum Gasteiger partial charge on any atom is -0.242 e. The van der Waals surface area contributed by atoms with Crippen LogP contribution in [-0.2, 0) is 6.42 Å². The zero-order valence-corrected chi connectivity index (χ0v) is 6.23. The smallest absolute Gasteiger partial charge is 0.242 e. The van der Waals surface area contributed by atoms with Crippen LogP contribution in [-0.4, -0.2) is 6.30 Å². The Labute approximate surface area is 68.0 Å². The van der Waals surface area contributed by atoms with E-state index in [1.807, 2.05) is 0 Å². The monoisotopic (exact) mass is 175 g/mol. The van der Waals surface area contributed by atoms with Crippen molar-refractivity contribution in [2.45, 2.75) is 12.7 Å². The first kappa shape index (κ1) is 9.06. The molecule has 12 heavy (non-hydrogen) atoms. The van der Waals surface area contributed by atoms with Crippen molar-refractivity contribution < 1.29 is 13.2 Å². The molecule has 0 saturated carbocycles. The normalized spacial score (nSPS) is 12.7. The van der Waals surface area contributed by atoms with E-state index < -0.39 is 6.30 Å². The van der Waals surface area contributed by atoms with Gasteiger partial charge in [0.1, 0.15) is 0 Å². The van der Waals surface area contributed by atoms with E-state index in [-0.39, 0.29) is 0 Å². The van der Waals surface area contributed by atoms with E-state index in [9.17, 15) is 13.2 Å². The molecule has 0 radical (unpaired) electrons. The Morgan fingerprint density at radius 2 is 1.42 bits per heavy atom. The van der Waals surface area contributed by atoms with E-state index in [1.54, 1.807) is 0 Å². The molecule has 0 aromatic heterocycles. The van der Waals surface area contributed by atoms with Crippen molar-refractivity contribution in [1.29, 1.82) is 0 Å². The molecular weight excluding hydrogens is 167 g/mol. The Balaban J connectivity index is 0.000000130. The van der Waals surface area contributed by atoms with Gasteiger partial charge in [0.25, 0.3) is 0 Å². The fourth-order valence-corrected chi connectivity index (χ4v) is 0.836. The van der Waals surface area contributed by atoms with E-state index >= 15 is 0 Å². The summed E-state index contributed by atoms with van der Waals surface area (Å²) in [5, 5.41) is 0. The average molecular weight is 175 g/mol. The second kappa shape index (κ2) is 3.15. The summed E-state index contributed by atoms with van der Waals surface area (Å²) in [6, 6.07) is 8.53. The van der Waals surface area contributed by atoms with Gasteiger partial charge in [0.2, 0.25) is 0 Å². The van der Waals surface area contributed by atoms with Crippen molar-refractivity contribution in [2.75, 3.05) is 0 Å². The van der Waals surface area contributed by atoms with E-state index in [0.717, 1.165) is 0 Å². The third-order valence-electron chi connectivity index (χ3n) is 1.37. The summed E-state index contributed by atoms with van der Waals surface area (Å²) >= 11 is 0. The molecule has 0 aliphatic heterocycles. The third-order valence-corrected chi connectivity index (χ3v) is 1.37. The molecule has 0 amide bonds. The molecule has 2 N–H and O–H groups in total. The van der Waals surface area contributed by atoms with Crippen LogP contribution in [0.3, 0.4) is 0 Å². The Morgan fingerprint density at radius 3 is 1.67 bits per heavy atom. The summed E-state index contributed by atoms with van der Waals surface area (Å²) in [7, 11) is 0. The first-order valence-electron chi connectivity index (χ1n) is 3.39. The number of benzene rings is 1. The van der Waals surface area contributed by atoms with Crippen LogP contribution in [0.4, 0.5) is 13.2 Å². The number of hydrogen-bond donors (Lipinski definition) is 1. The molecule has 0 saturated heterocycles. The largest absolute Gasteiger partial charge is 0.454 e. The maximum Gasteiger partial charge on any atom is 0.454 e. The molecule has 1 aromatic rings. The van der Waals surface area contributed by atoms with Gasteiger partial charge in [-0.3, -0.25) is 0 Å². The molecule has 0 bridgehead atoms. The predicted molar refractivity (Wildman–Crippen MR) is 39.5 cm³/mol. The standard InChI is InChI=1S/C7H6.CH2F3N/c1-2-4-7-5-6(7)3-1;2-1(3,4)5/h1-4H,5H2;5H2. The molecule has 0 spiro atoms. The molecule has 66 valence electrons. The second-order valence-corrected chi connectivity index (χ2v) is 2.49. The molecule has 0 unspecified atom stereocenters. The summed E-state index contributed by atoms with van der Waals surface area (Å²) < 4.78 is 30.4. The zero-order chi connectivity index (χ0) is 9.19. The average Bonchev–Trinajstić information content (AvgIpc) is 2.59. The van der Waals surface area contributed by atoms with Crippen LogP contribution in [0, 0.1) is 0 Å². The van der Waals surface area contributed by atoms with Gasteiger partial charge in [-0.25, -0.2) is 5.73 Å². The highest BCUT2D eigenvalue weighted by Crippen LogP contribution is 2.25. The van der Waals surface area contributed by atoms with Gasteiger partial charge in [0, 0.05) is 0 Å². The first-order chi connectivity index (χ1) is 5.47. The topological polar surface area (TPSA) is 26.0 Å². The first-order valence-corrected chi connectivity index (χ1v) is 3.39. The van der Waals surface area contributed by atoms with Crippen molar-refractivity contribution in [2.24, 2.45) is 5.73 Å². The molecule has 1 aromatic carbocycles. The van der Waals surface area contributed by atoms with Gasteiger partial charge in [-0.05, 0) is 17.5 Å². The summed E-state index contributed by atoms with van der Waals surface area (Å²) in [5.74, 6) is 0. The summed E-state index contributed by atoms with van der Waals surface area (Å²) in [6.07, 6.45) is -3.26. The maximum absolute atomic E-state index is 10.1. The fourth-order valence-electron chi connectivity index (χ4n) is 0.836. The van der Waals surface area contributed by atoms with Crippen molar-refractivity contribution >= 4 is 0 Å². The lowest BCUT2D eigenvalue weighted by Crippen LogP contribution is -2.20. The number of alkyl halides is 3. The van der Waals surface area contributed by atoms with Crippen LogP contribution in [0.25, 0.3) is 0 Å². The lowest BCUT2D eigenvalue weighted by molar-refractivity contribution is -0.122. The minimum absolute atomic E-state index is 1.24. The van der Waals surface area contributed by atoms with Gasteiger partial charge < -0.3 is 0 Å². The summed E-state index contributed by atoms with van der Waals surface area (Å²) in [6.45, 7) is 0. The van der Waals surface area contributed by atoms with Gasteiger partial charge >= 0.3 is 6.30 Å². The Bertz CT molecular complexity index is 240. The minimum atomic E-state index is -4.50. The summed E-state index contributed by atoms with van der Waals surface area (Å²) in [4.78, 5) is 0. The molecule has 4 heteroatoms. The lowest BCUT2D eigenvalue weighted by Gasteiger charge is -1.89. The molecule has 0 heterocycles. The van der Waals surface area contributed by atoms with Crippen LogP contribution in [0.1, 0.15) is 11.1 Å². The van der Waals surface area contributed by atoms with E-state index in [2.05, 4.69) is 30.0 Å². The molecule has 0 atom stereocenters. The van der Waals surface area contributed by atoms with Gasteiger partial charge in [0.15, 0.2) is 0 Å². The van der Waals surface area contributed by atoms with Crippen LogP contribution < -0.4 is 5.73 Å². The van der Waals surface area contributed by atoms with Crippen LogP contribution in [0.15, 0.2) is 24.3 Å². The van der Waals surface area contributed by atoms with E-state index in [1.165, 1.54) is 17.5 Å². The highest BCUT2D eigenvalue weighted by molar-refractivity contribution is 5.44. The van der Waals surface area contributed by atoms with Gasteiger partial charge in [-0.1, -0.05) is 24.3 Å². The molecule has 2 rings (SSSR count). The predicted octanol–water partition coefficient (Wildman–Crippen LogP) is 2.06. The van der Waals surface area contributed by atoms with Crippen molar-refractivity contribution in [1.82, 2.24) is 0 Å². The second-order valence-electron chi connectivity index (χ2n) is 2.49. The SMILES string of the molecule is NC(F)(F)F.c1ccc2c(c1)C2. The number of hydrogen-bond acceptors (Lipinski definition) is 1. The highest BCUT2D eigenvalue weighted by Gasteiger charge is 2.17. The van der Waals surface area contributed by atoms with E-state index in [4.69, 9.17) is 0 Å². The zero-order valence-electron chi connectivity index (χ0n) is 6.23. The highest BCUT2D eigenvalue weighted by atomic mass is 19.4. The quantitative estimate of drug-likeness (QED) is 0.609. The third kappa shape index (κ3) is 3.98. The van der Waals surface area contributed by atoms with Crippen molar-refractivity contribution in [3.63, 3.8) is 0 Å². The Kier molecular flexibility index (Phi) is 2.38. The van der Waals surface area contributed by atoms with E-state index in [0.29, 0.717) is 0 Å². The Hall–Kier alpha value is -1.03. The van der Waals surface area contributed by atoms with Crippen LogP contribution in [0.5, 0.6) is 0 Å². The molecular formula is C8H8F3N. The molecule has 1 aliphatic rings. The maximum atomic E-state index is 10.1. The number of nitrogens with two attached hydrogens (primary N) is 1. The van der Waals surface area contributed by atoms with Crippen LogP contribution >= 0.6 is 0 Å². The van der Waals surface area contributed by atoms with Crippen molar-refractivity contribution in [3.05, 3.63) is 35.4 Å². The Morgan fingerprint density at radius 1 is 1.08 bits per heavy atom. The number of fused-ring (bicyclic) bond motifs is 1. The fraction of sp³-hybridized carbons (Fsp3) is 0.250. The van der Waals surface area contributed by atoms with Gasteiger partial charge in [-0.15, -0.1) is 0 Å².